The zero-order valence-corrected chi connectivity index (χ0v) is 13.3. The van der Waals surface area contributed by atoms with Crippen LogP contribution in [0.4, 0.5) is 0 Å². The predicted molar refractivity (Wildman–Crippen MR) is 73.8 cm³/mol. The van der Waals surface area contributed by atoms with Gasteiger partial charge in [-0.15, -0.1) is 0 Å². The molecule has 0 fully saturated rings. The Bertz CT molecular complexity index is 167. The van der Waals surface area contributed by atoms with Crippen molar-refractivity contribution in [2.45, 2.75) is 63.1 Å². The SMILES string of the molecule is CC(I)(COC(C)(C)C)COC(C)(C)C. The summed E-state index contributed by atoms with van der Waals surface area (Å²) in [6, 6.07) is 0. The first-order valence-corrected chi connectivity index (χ1v) is 6.46. The standard InChI is InChI=1S/C12H25IO2/c1-10(2,3)14-8-12(7,13)9-15-11(4,5)6/h8-9H2,1-7H3. The second-order valence-corrected chi connectivity index (χ2v) is 8.82. The first-order chi connectivity index (χ1) is 6.41. The topological polar surface area (TPSA) is 18.5 Å². The number of alkyl halides is 1. The van der Waals surface area contributed by atoms with E-state index in [9.17, 15) is 0 Å². The Balaban J connectivity index is 3.98. The summed E-state index contributed by atoms with van der Waals surface area (Å²) in [7, 11) is 0. The molecule has 0 saturated heterocycles. The lowest BCUT2D eigenvalue weighted by Crippen LogP contribution is -2.37. The van der Waals surface area contributed by atoms with Crippen LogP contribution < -0.4 is 0 Å². The van der Waals surface area contributed by atoms with Crippen molar-refractivity contribution in [1.82, 2.24) is 0 Å². The van der Waals surface area contributed by atoms with Gasteiger partial charge in [-0.25, -0.2) is 0 Å². The summed E-state index contributed by atoms with van der Waals surface area (Å²) < 4.78 is 11.6. The molecule has 0 rings (SSSR count). The summed E-state index contributed by atoms with van der Waals surface area (Å²) >= 11 is 2.41. The lowest BCUT2D eigenvalue weighted by Gasteiger charge is -2.31. The molecular formula is C12H25IO2. The fourth-order valence-electron chi connectivity index (χ4n) is 0.776. The van der Waals surface area contributed by atoms with Gasteiger partial charge in [-0.3, -0.25) is 0 Å². The van der Waals surface area contributed by atoms with Gasteiger partial charge in [0.15, 0.2) is 0 Å². The van der Waals surface area contributed by atoms with Crippen molar-refractivity contribution in [3.05, 3.63) is 0 Å². The lowest BCUT2D eigenvalue weighted by atomic mass is 10.1. The van der Waals surface area contributed by atoms with Crippen molar-refractivity contribution < 1.29 is 9.47 Å². The zero-order valence-electron chi connectivity index (χ0n) is 11.1. The van der Waals surface area contributed by atoms with Crippen LogP contribution in [0.2, 0.25) is 0 Å². The minimum Gasteiger partial charge on any atom is -0.374 e. The highest BCUT2D eigenvalue weighted by atomic mass is 127. The minimum atomic E-state index is -0.0752. The Kier molecular flexibility index (Phi) is 5.55. The molecule has 0 radical (unpaired) electrons. The smallest absolute Gasteiger partial charge is 0.0660 e. The molecule has 0 aliphatic heterocycles. The summed E-state index contributed by atoms with van der Waals surface area (Å²) in [6.07, 6.45) is 0. The molecule has 0 amide bonds. The van der Waals surface area contributed by atoms with Crippen LogP contribution >= 0.6 is 22.6 Å². The van der Waals surface area contributed by atoms with E-state index in [4.69, 9.17) is 9.47 Å². The van der Waals surface area contributed by atoms with E-state index in [1.807, 2.05) is 0 Å². The third kappa shape index (κ3) is 10.9. The number of halogens is 1. The van der Waals surface area contributed by atoms with Crippen LogP contribution in [0.25, 0.3) is 0 Å². The predicted octanol–water partition coefficient (Wildman–Crippen LogP) is 3.81. The Morgan fingerprint density at radius 2 is 1.00 bits per heavy atom. The van der Waals surface area contributed by atoms with E-state index in [0.29, 0.717) is 13.2 Å². The number of rotatable bonds is 4. The van der Waals surface area contributed by atoms with Crippen molar-refractivity contribution in [1.29, 1.82) is 0 Å². The van der Waals surface area contributed by atoms with Crippen molar-refractivity contribution in [3.8, 4) is 0 Å². The van der Waals surface area contributed by atoms with Crippen LogP contribution in [0.5, 0.6) is 0 Å². The lowest BCUT2D eigenvalue weighted by molar-refractivity contribution is -0.0501. The largest absolute Gasteiger partial charge is 0.374 e. The third-order valence-electron chi connectivity index (χ3n) is 1.61. The summed E-state index contributed by atoms with van der Waals surface area (Å²) in [4.78, 5) is 0. The average molecular weight is 328 g/mol. The van der Waals surface area contributed by atoms with Gasteiger partial charge in [-0.05, 0) is 48.5 Å². The van der Waals surface area contributed by atoms with E-state index in [1.165, 1.54) is 0 Å². The van der Waals surface area contributed by atoms with Crippen LogP contribution in [0.3, 0.4) is 0 Å². The maximum Gasteiger partial charge on any atom is 0.0660 e. The van der Waals surface area contributed by atoms with Gasteiger partial charge < -0.3 is 9.47 Å². The van der Waals surface area contributed by atoms with Crippen molar-refractivity contribution in [2.24, 2.45) is 0 Å². The summed E-state index contributed by atoms with van der Waals surface area (Å²) in [5.41, 5.74) is -0.150. The highest BCUT2D eigenvalue weighted by molar-refractivity contribution is 14.1. The molecule has 0 saturated carbocycles. The van der Waals surface area contributed by atoms with Gasteiger partial charge in [0.2, 0.25) is 0 Å². The zero-order chi connectivity index (χ0) is 12.3. The molecule has 0 N–H and O–H groups in total. The molecule has 2 nitrogen and oxygen atoms in total. The number of hydrogen-bond acceptors (Lipinski definition) is 2. The van der Waals surface area contributed by atoms with E-state index in [2.05, 4.69) is 71.1 Å². The highest BCUT2D eigenvalue weighted by Crippen LogP contribution is 2.24. The van der Waals surface area contributed by atoms with E-state index >= 15 is 0 Å². The van der Waals surface area contributed by atoms with E-state index in [0.717, 1.165) is 0 Å². The van der Waals surface area contributed by atoms with Gasteiger partial charge in [0.1, 0.15) is 0 Å². The van der Waals surface area contributed by atoms with Gasteiger partial charge >= 0.3 is 0 Å². The monoisotopic (exact) mass is 328 g/mol. The molecule has 0 aliphatic carbocycles. The highest BCUT2D eigenvalue weighted by Gasteiger charge is 2.26. The molecule has 0 aromatic carbocycles. The van der Waals surface area contributed by atoms with Crippen LogP contribution in [-0.4, -0.2) is 27.8 Å². The van der Waals surface area contributed by atoms with E-state index in [1.54, 1.807) is 0 Å². The Hall–Kier alpha value is 0.650. The maximum absolute atomic E-state index is 5.77. The van der Waals surface area contributed by atoms with Crippen molar-refractivity contribution in [2.75, 3.05) is 13.2 Å². The quantitative estimate of drug-likeness (QED) is 0.577. The maximum atomic E-state index is 5.77. The summed E-state index contributed by atoms with van der Waals surface area (Å²) in [5, 5.41) is 0. The van der Waals surface area contributed by atoms with Crippen LogP contribution in [0.1, 0.15) is 48.5 Å². The Morgan fingerprint density at radius 1 is 0.733 bits per heavy atom. The molecular weight excluding hydrogens is 303 g/mol. The first-order valence-electron chi connectivity index (χ1n) is 5.38. The molecule has 0 aromatic rings. The summed E-state index contributed by atoms with van der Waals surface area (Å²) in [5.74, 6) is 0. The van der Waals surface area contributed by atoms with Crippen LogP contribution in [0, 0.1) is 0 Å². The second kappa shape index (κ2) is 5.32. The van der Waals surface area contributed by atoms with Crippen LogP contribution in [-0.2, 0) is 9.47 Å². The van der Waals surface area contributed by atoms with Gasteiger partial charge in [0.05, 0.1) is 27.8 Å². The minimum absolute atomic E-state index is 0.0400. The molecule has 0 aliphatic rings. The molecule has 0 spiro atoms. The Labute approximate surface area is 108 Å². The third-order valence-corrected chi connectivity index (χ3v) is 2.24. The fraction of sp³-hybridized carbons (Fsp3) is 1.00. The molecule has 0 aromatic heterocycles. The molecule has 0 atom stereocenters. The van der Waals surface area contributed by atoms with Crippen LogP contribution in [0.15, 0.2) is 0 Å². The summed E-state index contributed by atoms with van der Waals surface area (Å²) in [6.45, 7) is 16.0. The fourth-order valence-corrected chi connectivity index (χ4v) is 1.09. The van der Waals surface area contributed by atoms with Gasteiger partial charge in [-0.1, -0.05) is 22.6 Å². The molecule has 3 heteroatoms. The average Bonchev–Trinajstić information content (AvgIpc) is 1.96. The van der Waals surface area contributed by atoms with E-state index in [-0.39, 0.29) is 14.6 Å². The number of hydrogen-bond donors (Lipinski definition) is 0. The molecule has 0 heterocycles. The van der Waals surface area contributed by atoms with Gasteiger partial charge in [-0.2, -0.15) is 0 Å². The number of ether oxygens (including phenoxy) is 2. The first kappa shape index (κ1) is 15.7. The van der Waals surface area contributed by atoms with Crippen molar-refractivity contribution >= 4 is 22.6 Å². The van der Waals surface area contributed by atoms with Gasteiger partial charge in [0.25, 0.3) is 0 Å². The molecule has 0 unspecified atom stereocenters. The van der Waals surface area contributed by atoms with E-state index < -0.39 is 0 Å². The van der Waals surface area contributed by atoms with Crippen molar-refractivity contribution in [3.63, 3.8) is 0 Å². The second-order valence-electron chi connectivity index (χ2n) is 6.22. The molecule has 92 valence electrons. The Morgan fingerprint density at radius 3 is 1.20 bits per heavy atom. The molecule has 0 bridgehead atoms. The van der Waals surface area contributed by atoms with Gasteiger partial charge in [0, 0.05) is 0 Å². The molecule has 15 heavy (non-hydrogen) atoms. The normalized spacial score (nSPS) is 14.4.